The van der Waals surface area contributed by atoms with Gasteiger partial charge in [0, 0.05) is 25.2 Å². The summed E-state index contributed by atoms with van der Waals surface area (Å²) < 4.78 is 31.8. The molecule has 0 saturated heterocycles. The SMILES string of the molecule is CCOCCS(=O)(=O)N(CC)C1(CN)CCCCC1. The second-order valence-corrected chi connectivity index (χ2v) is 7.18. The lowest BCUT2D eigenvalue weighted by molar-refractivity contribution is 0.135. The van der Waals surface area contributed by atoms with E-state index < -0.39 is 10.0 Å². The number of nitrogens with two attached hydrogens (primary N) is 1. The Morgan fingerprint density at radius 3 is 2.32 bits per heavy atom. The molecular weight excluding hydrogens is 264 g/mol. The first-order valence-electron chi connectivity index (χ1n) is 7.30. The number of hydrogen-bond donors (Lipinski definition) is 1. The molecular formula is C13H28N2O3S. The molecule has 6 heteroatoms. The molecule has 0 aliphatic heterocycles. The third-order valence-electron chi connectivity index (χ3n) is 4.01. The normalized spacial score (nSPS) is 19.8. The van der Waals surface area contributed by atoms with Gasteiger partial charge in [0.05, 0.1) is 12.4 Å². The molecule has 1 aliphatic carbocycles. The van der Waals surface area contributed by atoms with Crippen LogP contribution in [-0.2, 0) is 14.8 Å². The van der Waals surface area contributed by atoms with Crippen molar-refractivity contribution < 1.29 is 13.2 Å². The van der Waals surface area contributed by atoms with E-state index in [1.165, 1.54) is 6.42 Å². The van der Waals surface area contributed by atoms with Crippen LogP contribution >= 0.6 is 0 Å². The smallest absolute Gasteiger partial charge is 0.216 e. The Hall–Kier alpha value is -0.170. The molecule has 0 atom stereocenters. The van der Waals surface area contributed by atoms with Gasteiger partial charge in [-0.2, -0.15) is 4.31 Å². The van der Waals surface area contributed by atoms with Gasteiger partial charge in [0.15, 0.2) is 0 Å². The summed E-state index contributed by atoms with van der Waals surface area (Å²) in [5.74, 6) is 0.0520. The first-order valence-corrected chi connectivity index (χ1v) is 8.91. The highest BCUT2D eigenvalue weighted by atomic mass is 32.2. The van der Waals surface area contributed by atoms with Gasteiger partial charge in [-0.05, 0) is 19.8 Å². The Kier molecular flexibility index (Phi) is 6.73. The van der Waals surface area contributed by atoms with Gasteiger partial charge in [-0.1, -0.05) is 26.2 Å². The van der Waals surface area contributed by atoms with Crippen molar-refractivity contribution in [2.45, 2.75) is 51.5 Å². The minimum Gasteiger partial charge on any atom is -0.381 e. The van der Waals surface area contributed by atoms with E-state index in [9.17, 15) is 8.42 Å². The Morgan fingerprint density at radius 1 is 1.21 bits per heavy atom. The summed E-state index contributed by atoms with van der Waals surface area (Å²) in [6.07, 6.45) is 5.07. The highest BCUT2D eigenvalue weighted by Gasteiger charge is 2.41. The van der Waals surface area contributed by atoms with E-state index in [1.807, 2.05) is 13.8 Å². The summed E-state index contributed by atoms with van der Waals surface area (Å²) in [6.45, 7) is 5.47. The molecule has 1 aliphatic rings. The van der Waals surface area contributed by atoms with Crippen LogP contribution in [0.2, 0.25) is 0 Å². The maximum atomic E-state index is 12.5. The van der Waals surface area contributed by atoms with Gasteiger partial charge >= 0.3 is 0 Å². The summed E-state index contributed by atoms with van der Waals surface area (Å²) >= 11 is 0. The van der Waals surface area contributed by atoms with E-state index in [1.54, 1.807) is 4.31 Å². The van der Waals surface area contributed by atoms with E-state index in [2.05, 4.69) is 0 Å². The maximum Gasteiger partial charge on any atom is 0.216 e. The van der Waals surface area contributed by atoms with Gasteiger partial charge in [-0.15, -0.1) is 0 Å². The highest BCUT2D eigenvalue weighted by Crippen LogP contribution is 2.34. The van der Waals surface area contributed by atoms with Crippen LogP contribution in [0.3, 0.4) is 0 Å². The van der Waals surface area contributed by atoms with E-state index in [0.29, 0.717) is 19.7 Å². The fourth-order valence-electron chi connectivity index (χ4n) is 3.01. The van der Waals surface area contributed by atoms with Crippen LogP contribution < -0.4 is 5.73 Å². The van der Waals surface area contributed by atoms with Crippen LogP contribution in [0.1, 0.15) is 46.0 Å². The lowest BCUT2D eigenvalue weighted by atomic mass is 9.81. The number of ether oxygens (including phenoxy) is 1. The molecule has 1 saturated carbocycles. The van der Waals surface area contributed by atoms with Crippen molar-refractivity contribution in [1.82, 2.24) is 4.31 Å². The van der Waals surface area contributed by atoms with E-state index >= 15 is 0 Å². The van der Waals surface area contributed by atoms with Gasteiger partial charge in [-0.25, -0.2) is 8.42 Å². The Bertz CT molecular complexity index is 351. The fourth-order valence-corrected chi connectivity index (χ4v) is 4.80. The summed E-state index contributed by atoms with van der Waals surface area (Å²) in [5, 5.41) is 0. The molecule has 0 amide bonds. The lowest BCUT2D eigenvalue weighted by Gasteiger charge is -2.44. The predicted molar refractivity (Wildman–Crippen MR) is 77.5 cm³/mol. The summed E-state index contributed by atoms with van der Waals surface area (Å²) in [4.78, 5) is 0. The zero-order valence-corrected chi connectivity index (χ0v) is 13.0. The Morgan fingerprint density at radius 2 is 1.84 bits per heavy atom. The van der Waals surface area contributed by atoms with E-state index in [0.717, 1.165) is 25.7 Å². The quantitative estimate of drug-likeness (QED) is 0.685. The minimum atomic E-state index is -3.29. The molecule has 0 aromatic heterocycles. The third kappa shape index (κ3) is 4.15. The molecule has 0 spiro atoms. The monoisotopic (exact) mass is 292 g/mol. The average Bonchev–Trinajstić information content (AvgIpc) is 2.40. The Labute approximate surface area is 117 Å². The summed E-state index contributed by atoms with van der Waals surface area (Å²) in [7, 11) is -3.29. The van der Waals surface area contributed by atoms with Crippen LogP contribution in [0.4, 0.5) is 0 Å². The molecule has 2 N–H and O–H groups in total. The number of rotatable bonds is 8. The molecule has 19 heavy (non-hydrogen) atoms. The van der Waals surface area contributed by atoms with Crippen molar-refractivity contribution in [2.24, 2.45) is 5.73 Å². The van der Waals surface area contributed by atoms with Crippen molar-refractivity contribution in [2.75, 3.05) is 32.1 Å². The van der Waals surface area contributed by atoms with Crippen molar-refractivity contribution in [3.8, 4) is 0 Å². The zero-order valence-electron chi connectivity index (χ0n) is 12.2. The first-order chi connectivity index (χ1) is 9.02. The summed E-state index contributed by atoms with van der Waals surface area (Å²) in [5.41, 5.74) is 5.57. The first kappa shape index (κ1) is 16.9. The maximum absolute atomic E-state index is 12.5. The number of likely N-dealkylation sites (N-methyl/N-ethyl adjacent to an activating group) is 1. The van der Waals surface area contributed by atoms with E-state index in [-0.39, 0.29) is 17.9 Å². The topological polar surface area (TPSA) is 72.6 Å². The van der Waals surface area contributed by atoms with Crippen molar-refractivity contribution in [3.63, 3.8) is 0 Å². The Balaban J connectivity index is 2.84. The summed E-state index contributed by atoms with van der Waals surface area (Å²) in [6, 6.07) is 0. The lowest BCUT2D eigenvalue weighted by Crippen LogP contribution is -2.57. The van der Waals surface area contributed by atoms with E-state index in [4.69, 9.17) is 10.5 Å². The molecule has 0 unspecified atom stereocenters. The van der Waals surface area contributed by atoms with Gasteiger partial charge in [0.2, 0.25) is 10.0 Å². The molecule has 0 aromatic carbocycles. The molecule has 1 fully saturated rings. The van der Waals surface area contributed by atoms with Gasteiger partial charge in [-0.3, -0.25) is 0 Å². The van der Waals surface area contributed by atoms with Crippen LogP contribution in [0.5, 0.6) is 0 Å². The standard InChI is InChI=1S/C13H28N2O3S/c1-3-15(19(16,17)11-10-18-4-2)13(12-14)8-6-5-7-9-13/h3-12,14H2,1-2H3. The minimum absolute atomic E-state index is 0.0520. The second kappa shape index (κ2) is 7.57. The van der Waals surface area contributed by atoms with Crippen molar-refractivity contribution in [1.29, 1.82) is 0 Å². The van der Waals surface area contributed by atoms with Crippen LogP contribution in [0.15, 0.2) is 0 Å². The number of nitrogens with zero attached hydrogens (tertiary/aromatic N) is 1. The van der Waals surface area contributed by atoms with Crippen molar-refractivity contribution in [3.05, 3.63) is 0 Å². The van der Waals surface area contributed by atoms with Gasteiger partial charge < -0.3 is 10.5 Å². The zero-order chi connectivity index (χ0) is 14.4. The highest BCUT2D eigenvalue weighted by molar-refractivity contribution is 7.89. The molecule has 114 valence electrons. The largest absolute Gasteiger partial charge is 0.381 e. The average molecular weight is 292 g/mol. The molecule has 0 aromatic rings. The van der Waals surface area contributed by atoms with Crippen LogP contribution in [0.25, 0.3) is 0 Å². The van der Waals surface area contributed by atoms with Gasteiger partial charge in [0.1, 0.15) is 0 Å². The third-order valence-corrected chi connectivity index (χ3v) is 6.01. The predicted octanol–water partition coefficient (Wildman–Crippen LogP) is 1.34. The van der Waals surface area contributed by atoms with Gasteiger partial charge in [0.25, 0.3) is 0 Å². The number of hydrogen-bond acceptors (Lipinski definition) is 4. The molecule has 5 nitrogen and oxygen atoms in total. The molecule has 0 radical (unpaired) electrons. The van der Waals surface area contributed by atoms with Crippen LogP contribution in [0, 0.1) is 0 Å². The second-order valence-electron chi connectivity index (χ2n) is 5.17. The van der Waals surface area contributed by atoms with Crippen molar-refractivity contribution >= 4 is 10.0 Å². The fraction of sp³-hybridized carbons (Fsp3) is 1.00. The van der Waals surface area contributed by atoms with Crippen LogP contribution in [-0.4, -0.2) is 50.3 Å². The molecule has 0 heterocycles. The number of sulfonamides is 1. The molecule has 1 rings (SSSR count). The molecule has 0 bridgehead atoms.